The largest absolute Gasteiger partial charge is 0.508 e. The lowest BCUT2D eigenvalue weighted by Crippen LogP contribution is -2.37. The number of nitrogens with one attached hydrogen (secondary N) is 1. The predicted octanol–water partition coefficient (Wildman–Crippen LogP) is 1.87. The van der Waals surface area contributed by atoms with Crippen molar-refractivity contribution in [2.24, 2.45) is 5.92 Å². The van der Waals surface area contributed by atoms with Crippen LogP contribution >= 0.6 is 0 Å². The number of hydrogen-bond donors (Lipinski definition) is 2. The maximum absolute atomic E-state index is 9.20. The maximum Gasteiger partial charge on any atom is 0.115 e. The summed E-state index contributed by atoms with van der Waals surface area (Å²) in [5, 5.41) is 12.8. The van der Waals surface area contributed by atoms with E-state index < -0.39 is 0 Å². The lowest BCUT2D eigenvalue weighted by Gasteiger charge is -2.29. The van der Waals surface area contributed by atoms with Crippen LogP contribution in [0.5, 0.6) is 5.75 Å². The number of aromatic hydroxyl groups is 1. The molecule has 1 aliphatic rings. The number of benzene rings is 1. The van der Waals surface area contributed by atoms with Crippen LogP contribution in [0, 0.1) is 5.92 Å². The molecule has 18 heavy (non-hydrogen) atoms. The second-order valence-electron chi connectivity index (χ2n) is 5.39. The fraction of sp³-hybridized carbons (Fsp3) is 0.600. The zero-order valence-corrected chi connectivity index (χ0v) is 11.2. The molecule has 2 rings (SSSR count). The Labute approximate surface area is 110 Å². The van der Waals surface area contributed by atoms with Crippen molar-refractivity contribution in [2.45, 2.75) is 19.3 Å². The summed E-state index contributed by atoms with van der Waals surface area (Å²) < 4.78 is 0. The molecule has 0 bridgehead atoms. The van der Waals surface area contributed by atoms with Gasteiger partial charge in [-0.15, -0.1) is 0 Å². The topological polar surface area (TPSA) is 35.5 Å². The smallest absolute Gasteiger partial charge is 0.115 e. The van der Waals surface area contributed by atoms with Crippen molar-refractivity contribution in [3.05, 3.63) is 29.8 Å². The van der Waals surface area contributed by atoms with Crippen LogP contribution in [0.2, 0.25) is 0 Å². The van der Waals surface area contributed by atoms with Gasteiger partial charge in [-0.1, -0.05) is 12.1 Å². The summed E-state index contributed by atoms with van der Waals surface area (Å²) in [7, 11) is 2.21. The highest BCUT2D eigenvalue weighted by Crippen LogP contribution is 2.14. The maximum atomic E-state index is 9.20. The van der Waals surface area contributed by atoms with E-state index >= 15 is 0 Å². The molecule has 3 nitrogen and oxygen atoms in total. The summed E-state index contributed by atoms with van der Waals surface area (Å²) >= 11 is 0. The van der Waals surface area contributed by atoms with Crippen molar-refractivity contribution >= 4 is 0 Å². The summed E-state index contributed by atoms with van der Waals surface area (Å²) in [4.78, 5) is 2.43. The molecule has 1 saturated heterocycles. The molecule has 1 unspecified atom stereocenters. The minimum absolute atomic E-state index is 0.344. The van der Waals surface area contributed by atoms with Gasteiger partial charge >= 0.3 is 0 Å². The molecule has 1 aromatic rings. The highest BCUT2D eigenvalue weighted by Gasteiger charge is 2.16. The van der Waals surface area contributed by atoms with E-state index in [1.54, 1.807) is 12.1 Å². The second kappa shape index (κ2) is 6.76. The summed E-state index contributed by atoms with van der Waals surface area (Å²) in [6, 6.07) is 7.49. The van der Waals surface area contributed by atoms with Gasteiger partial charge in [0.15, 0.2) is 0 Å². The van der Waals surface area contributed by atoms with E-state index in [9.17, 15) is 5.11 Å². The highest BCUT2D eigenvalue weighted by atomic mass is 16.3. The van der Waals surface area contributed by atoms with E-state index in [1.807, 2.05) is 12.1 Å². The molecule has 0 aliphatic carbocycles. The van der Waals surface area contributed by atoms with Gasteiger partial charge in [0.2, 0.25) is 0 Å². The number of rotatable bonds is 5. The first-order chi connectivity index (χ1) is 8.74. The molecule has 1 atom stereocenters. The molecular weight excluding hydrogens is 224 g/mol. The van der Waals surface area contributed by atoms with Crippen LogP contribution in [0.15, 0.2) is 24.3 Å². The average Bonchev–Trinajstić information content (AvgIpc) is 2.37. The first kappa shape index (κ1) is 13.4. The van der Waals surface area contributed by atoms with Gasteiger partial charge in [-0.2, -0.15) is 0 Å². The average molecular weight is 248 g/mol. The van der Waals surface area contributed by atoms with Crippen molar-refractivity contribution in [2.75, 3.05) is 33.2 Å². The summed E-state index contributed by atoms with van der Waals surface area (Å²) in [6.07, 6.45) is 3.72. The Morgan fingerprint density at radius 3 is 2.83 bits per heavy atom. The highest BCUT2D eigenvalue weighted by molar-refractivity contribution is 5.25. The van der Waals surface area contributed by atoms with E-state index in [0.29, 0.717) is 5.75 Å². The van der Waals surface area contributed by atoms with E-state index in [-0.39, 0.29) is 0 Å². The van der Waals surface area contributed by atoms with E-state index in [1.165, 1.54) is 31.5 Å². The third kappa shape index (κ3) is 4.31. The molecule has 0 radical (unpaired) electrons. The van der Waals surface area contributed by atoms with Gasteiger partial charge in [0, 0.05) is 6.54 Å². The number of nitrogens with zero attached hydrogens (tertiary/aromatic N) is 1. The number of phenols is 1. The Kier molecular flexibility index (Phi) is 5.02. The van der Waals surface area contributed by atoms with Gasteiger partial charge in [0.05, 0.1) is 0 Å². The summed E-state index contributed by atoms with van der Waals surface area (Å²) in [5.74, 6) is 1.15. The summed E-state index contributed by atoms with van der Waals surface area (Å²) in [6.45, 7) is 4.63. The monoisotopic (exact) mass is 248 g/mol. The molecule has 100 valence electrons. The normalized spacial score (nSPS) is 21.1. The Bertz CT molecular complexity index is 350. The van der Waals surface area contributed by atoms with Crippen molar-refractivity contribution in [1.82, 2.24) is 10.2 Å². The Morgan fingerprint density at radius 1 is 1.33 bits per heavy atom. The number of phenolic OH excluding ortho intramolecular Hbond substituents is 1. The van der Waals surface area contributed by atoms with Crippen molar-refractivity contribution in [1.29, 1.82) is 0 Å². The van der Waals surface area contributed by atoms with Crippen molar-refractivity contribution < 1.29 is 5.11 Å². The molecule has 1 aromatic carbocycles. The van der Waals surface area contributed by atoms with Crippen molar-refractivity contribution in [3.63, 3.8) is 0 Å². The molecule has 1 aliphatic heterocycles. The molecule has 0 amide bonds. The third-order valence-electron chi connectivity index (χ3n) is 3.68. The molecular formula is C15H24N2O. The second-order valence-corrected chi connectivity index (χ2v) is 5.39. The standard InChI is InChI=1S/C15H24N2O/c1-17-10-2-3-14(12-17)11-16-9-8-13-4-6-15(18)7-5-13/h4-7,14,16,18H,2-3,8-12H2,1H3. The number of piperidine rings is 1. The van der Waals surface area contributed by atoms with Crippen LogP contribution in [0.4, 0.5) is 0 Å². The molecule has 3 heteroatoms. The third-order valence-corrected chi connectivity index (χ3v) is 3.68. The Hall–Kier alpha value is -1.06. The lowest BCUT2D eigenvalue weighted by atomic mass is 9.98. The lowest BCUT2D eigenvalue weighted by molar-refractivity contribution is 0.206. The number of likely N-dealkylation sites (tertiary alicyclic amines) is 1. The van der Waals surface area contributed by atoms with E-state index in [0.717, 1.165) is 25.4 Å². The zero-order chi connectivity index (χ0) is 12.8. The fourth-order valence-corrected chi connectivity index (χ4v) is 2.64. The van der Waals surface area contributed by atoms with Gasteiger partial charge in [0.1, 0.15) is 5.75 Å². The zero-order valence-electron chi connectivity index (χ0n) is 11.2. The van der Waals surface area contributed by atoms with E-state index in [2.05, 4.69) is 17.3 Å². The molecule has 0 aromatic heterocycles. The Balaban J connectivity index is 1.62. The first-order valence-electron chi connectivity index (χ1n) is 6.91. The predicted molar refractivity (Wildman–Crippen MR) is 74.9 cm³/mol. The van der Waals surface area contributed by atoms with Gasteiger partial charge in [-0.3, -0.25) is 0 Å². The minimum atomic E-state index is 0.344. The van der Waals surface area contributed by atoms with Crippen LogP contribution in [-0.2, 0) is 6.42 Å². The van der Waals surface area contributed by atoms with Gasteiger partial charge in [-0.25, -0.2) is 0 Å². The van der Waals surface area contributed by atoms with Crippen LogP contribution in [0.25, 0.3) is 0 Å². The summed E-state index contributed by atoms with van der Waals surface area (Å²) in [5.41, 5.74) is 1.28. The minimum Gasteiger partial charge on any atom is -0.508 e. The molecule has 1 heterocycles. The van der Waals surface area contributed by atoms with Crippen LogP contribution in [0.3, 0.4) is 0 Å². The molecule has 0 spiro atoms. The van der Waals surface area contributed by atoms with Gasteiger partial charge < -0.3 is 15.3 Å². The molecule has 0 saturated carbocycles. The van der Waals surface area contributed by atoms with Crippen LogP contribution < -0.4 is 5.32 Å². The first-order valence-corrected chi connectivity index (χ1v) is 6.91. The molecule has 1 fully saturated rings. The van der Waals surface area contributed by atoms with Gasteiger partial charge in [-0.05, 0) is 69.6 Å². The van der Waals surface area contributed by atoms with Crippen molar-refractivity contribution in [3.8, 4) is 5.75 Å². The SMILES string of the molecule is CN1CCCC(CNCCc2ccc(O)cc2)C1. The van der Waals surface area contributed by atoms with E-state index in [4.69, 9.17) is 0 Å². The van der Waals surface area contributed by atoms with Crippen LogP contribution in [-0.4, -0.2) is 43.2 Å². The van der Waals surface area contributed by atoms with Gasteiger partial charge in [0.25, 0.3) is 0 Å². The quantitative estimate of drug-likeness (QED) is 0.781. The fourth-order valence-electron chi connectivity index (χ4n) is 2.64. The Morgan fingerprint density at radius 2 is 2.11 bits per heavy atom. The molecule has 2 N–H and O–H groups in total. The number of hydrogen-bond acceptors (Lipinski definition) is 3. The van der Waals surface area contributed by atoms with Crippen LogP contribution in [0.1, 0.15) is 18.4 Å².